The van der Waals surface area contributed by atoms with Crippen molar-refractivity contribution in [3.8, 4) is 0 Å². The molecule has 0 heterocycles. The number of halogens is 4. The minimum absolute atomic E-state index is 0.0139. The zero-order valence-corrected chi connectivity index (χ0v) is 10.5. The van der Waals surface area contributed by atoms with Crippen LogP contribution in [0, 0.1) is 5.92 Å². The molecule has 0 aliphatic carbocycles. The normalized spacial score (nSPS) is 16.2. The maximum absolute atomic E-state index is 12.6. The molecule has 1 N–H and O–H groups in total. The highest BCUT2D eigenvalue weighted by atomic mass is 19.3. The number of ether oxygens (including phenoxy) is 1. The fraction of sp³-hybridized carbons (Fsp3) is 1.00. The quantitative estimate of drug-likeness (QED) is 0.643. The van der Waals surface area contributed by atoms with E-state index in [2.05, 4.69) is 10.1 Å². The van der Waals surface area contributed by atoms with Crippen LogP contribution in [0.15, 0.2) is 0 Å². The lowest BCUT2D eigenvalue weighted by atomic mass is 9.98. The molecule has 17 heavy (non-hydrogen) atoms. The van der Waals surface area contributed by atoms with Crippen LogP contribution in [0.25, 0.3) is 0 Å². The first-order valence-corrected chi connectivity index (χ1v) is 5.76. The fourth-order valence-corrected chi connectivity index (χ4v) is 1.57. The summed E-state index contributed by atoms with van der Waals surface area (Å²) >= 11 is 0. The van der Waals surface area contributed by atoms with Crippen molar-refractivity contribution in [1.82, 2.24) is 5.32 Å². The summed E-state index contributed by atoms with van der Waals surface area (Å²) in [6, 6.07) is -0.0941. The maximum Gasteiger partial charge on any atom is 0.330 e. The third kappa shape index (κ3) is 6.21. The maximum atomic E-state index is 12.6. The molecule has 0 amide bonds. The Morgan fingerprint density at radius 1 is 1.29 bits per heavy atom. The van der Waals surface area contributed by atoms with Crippen LogP contribution in [0.3, 0.4) is 0 Å². The van der Waals surface area contributed by atoms with Gasteiger partial charge in [0.25, 0.3) is 0 Å². The van der Waals surface area contributed by atoms with Gasteiger partial charge in [-0.25, -0.2) is 8.78 Å². The minimum Gasteiger partial charge on any atom is -0.373 e. The van der Waals surface area contributed by atoms with Gasteiger partial charge in [-0.3, -0.25) is 0 Å². The molecular formula is C11H21F4NO. The van der Waals surface area contributed by atoms with Crippen molar-refractivity contribution < 1.29 is 22.3 Å². The van der Waals surface area contributed by atoms with Crippen LogP contribution in [0.4, 0.5) is 17.6 Å². The molecule has 0 saturated carbocycles. The second kappa shape index (κ2) is 7.87. The van der Waals surface area contributed by atoms with Gasteiger partial charge in [0.2, 0.25) is 0 Å². The highest BCUT2D eigenvalue weighted by Crippen LogP contribution is 2.23. The fourth-order valence-electron chi connectivity index (χ4n) is 1.57. The van der Waals surface area contributed by atoms with Crippen LogP contribution in [0.1, 0.15) is 26.7 Å². The van der Waals surface area contributed by atoms with Crippen molar-refractivity contribution in [2.45, 2.75) is 45.1 Å². The third-order valence-corrected chi connectivity index (χ3v) is 2.71. The summed E-state index contributed by atoms with van der Waals surface area (Å²) in [4.78, 5) is 0. The topological polar surface area (TPSA) is 21.3 Å². The molecule has 0 aliphatic rings. The van der Waals surface area contributed by atoms with Gasteiger partial charge in [0, 0.05) is 6.04 Å². The van der Waals surface area contributed by atoms with Crippen LogP contribution in [0.5, 0.6) is 0 Å². The van der Waals surface area contributed by atoms with E-state index in [1.807, 2.05) is 13.8 Å². The van der Waals surface area contributed by atoms with Crippen LogP contribution in [-0.4, -0.2) is 38.7 Å². The summed E-state index contributed by atoms with van der Waals surface area (Å²) in [7, 11) is 1.70. The second-order valence-corrected chi connectivity index (χ2v) is 4.24. The predicted octanol–water partition coefficient (Wildman–Crippen LogP) is 2.93. The Bertz CT molecular complexity index is 202. The molecule has 104 valence electrons. The molecule has 2 nitrogen and oxygen atoms in total. The molecule has 0 aromatic heterocycles. The Morgan fingerprint density at radius 2 is 1.88 bits per heavy atom. The van der Waals surface area contributed by atoms with E-state index in [1.54, 1.807) is 7.05 Å². The van der Waals surface area contributed by atoms with Crippen LogP contribution in [0.2, 0.25) is 0 Å². The zero-order valence-electron chi connectivity index (χ0n) is 10.5. The van der Waals surface area contributed by atoms with Crippen molar-refractivity contribution in [1.29, 1.82) is 0 Å². The summed E-state index contributed by atoms with van der Waals surface area (Å²) in [5.41, 5.74) is 0. The Labute approximate surface area is 99.7 Å². The molecule has 6 heteroatoms. The largest absolute Gasteiger partial charge is 0.373 e. The number of hydrogen-bond acceptors (Lipinski definition) is 2. The molecule has 0 spiro atoms. The molecule has 0 aromatic carbocycles. The molecular weight excluding hydrogens is 238 g/mol. The van der Waals surface area contributed by atoms with E-state index in [0.29, 0.717) is 0 Å². The van der Waals surface area contributed by atoms with E-state index in [0.717, 1.165) is 12.8 Å². The molecule has 0 aliphatic heterocycles. The van der Waals surface area contributed by atoms with E-state index >= 15 is 0 Å². The molecule has 0 rings (SSSR count). The second-order valence-electron chi connectivity index (χ2n) is 4.24. The van der Waals surface area contributed by atoms with Crippen molar-refractivity contribution >= 4 is 0 Å². The summed E-state index contributed by atoms with van der Waals surface area (Å²) in [6.45, 7) is 2.77. The molecule has 0 radical (unpaired) electrons. The molecule has 0 aromatic rings. The van der Waals surface area contributed by atoms with E-state index in [1.165, 1.54) is 0 Å². The van der Waals surface area contributed by atoms with Crippen molar-refractivity contribution in [3.63, 3.8) is 0 Å². The van der Waals surface area contributed by atoms with E-state index in [-0.39, 0.29) is 18.6 Å². The van der Waals surface area contributed by atoms with Gasteiger partial charge >= 0.3 is 12.3 Å². The van der Waals surface area contributed by atoms with Gasteiger partial charge < -0.3 is 10.1 Å². The number of nitrogens with one attached hydrogen (secondary N) is 1. The first-order valence-electron chi connectivity index (χ1n) is 5.76. The first kappa shape index (κ1) is 16.6. The summed E-state index contributed by atoms with van der Waals surface area (Å²) < 4.78 is 53.5. The lowest BCUT2D eigenvalue weighted by Crippen LogP contribution is -2.39. The summed E-state index contributed by atoms with van der Waals surface area (Å²) in [6.07, 6.45) is -1.77. The SMILES string of the molecule is CCCC(C)C(COCC(F)(F)C(F)F)NC. The van der Waals surface area contributed by atoms with Crippen LogP contribution in [-0.2, 0) is 4.74 Å². The lowest BCUT2D eigenvalue weighted by Gasteiger charge is -2.24. The Balaban J connectivity index is 4.00. The van der Waals surface area contributed by atoms with Crippen molar-refractivity contribution in [2.75, 3.05) is 20.3 Å². The Morgan fingerprint density at radius 3 is 2.29 bits per heavy atom. The summed E-state index contributed by atoms with van der Waals surface area (Å²) in [5, 5.41) is 2.94. The van der Waals surface area contributed by atoms with Gasteiger partial charge in [-0.1, -0.05) is 20.3 Å². The number of hydrogen-bond donors (Lipinski definition) is 1. The van der Waals surface area contributed by atoms with Crippen LogP contribution < -0.4 is 5.32 Å². The van der Waals surface area contributed by atoms with Gasteiger partial charge in [0.1, 0.15) is 6.61 Å². The zero-order chi connectivity index (χ0) is 13.5. The number of alkyl halides is 4. The lowest BCUT2D eigenvalue weighted by molar-refractivity contribution is -0.167. The molecule has 2 unspecified atom stereocenters. The average Bonchev–Trinajstić information content (AvgIpc) is 2.24. The molecule has 2 atom stereocenters. The summed E-state index contributed by atoms with van der Waals surface area (Å²) in [5.74, 6) is -3.81. The average molecular weight is 259 g/mol. The van der Waals surface area contributed by atoms with E-state index in [9.17, 15) is 17.6 Å². The van der Waals surface area contributed by atoms with Crippen molar-refractivity contribution in [2.24, 2.45) is 5.92 Å². The van der Waals surface area contributed by atoms with Gasteiger partial charge in [-0.2, -0.15) is 8.78 Å². The highest BCUT2D eigenvalue weighted by molar-refractivity contribution is 4.73. The van der Waals surface area contributed by atoms with Crippen LogP contribution >= 0.6 is 0 Å². The van der Waals surface area contributed by atoms with E-state index < -0.39 is 19.0 Å². The smallest absolute Gasteiger partial charge is 0.330 e. The van der Waals surface area contributed by atoms with E-state index in [4.69, 9.17) is 0 Å². The standard InChI is InChI=1S/C11H21F4NO/c1-4-5-8(2)9(16-3)6-17-7-11(14,15)10(12)13/h8-10,16H,4-7H2,1-3H3. The third-order valence-electron chi connectivity index (χ3n) is 2.71. The molecule has 0 saturated heterocycles. The first-order chi connectivity index (χ1) is 7.85. The van der Waals surface area contributed by atoms with Gasteiger partial charge in [-0.15, -0.1) is 0 Å². The monoisotopic (exact) mass is 259 g/mol. The number of rotatable bonds is 9. The minimum atomic E-state index is -4.06. The van der Waals surface area contributed by atoms with Gasteiger partial charge in [0.05, 0.1) is 6.61 Å². The Kier molecular flexibility index (Phi) is 7.70. The highest BCUT2D eigenvalue weighted by Gasteiger charge is 2.41. The number of likely N-dealkylation sites (N-methyl/N-ethyl adjacent to an activating group) is 1. The van der Waals surface area contributed by atoms with Gasteiger partial charge in [0.15, 0.2) is 0 Å². The predicted molar refractivity (Wildman–Crippen MR) is 58.7 cm³/mol. The Hall–Kier alpha value is -0.360. The van der Waals surface area contributed by atoms with Crippen molar-refractivity contribution in [3.05, 3.63) is 0 Å². The molecule has 0 fully saturated rings. The molecule has 0 bridgehead atoms. The van der Waals surface area contributed by atoms with Gasteiger partial charge in [-0.05, 0) is 19.4 Å².